The Balaban J connectivity index is 2.07. The number of aliphatic hydroxyl groups excluding tert-OH is 1. The van der Waals surface area contributed by atoms with Crippen molar-refractivity contribution >= 4 is 15.7 Å². The highest BCUT2D eigenvalue weighted by atomic mass is 32.2. The van der Waals surface area contributed by atoms with Crippen molar-refractivity contribution in [3.8, 4) is 0 Å². The van der Waals surface area contributed by atoms with Gasteiger partial charge in [-0.1, -0.05) is 12.8 Å². The summed E-state index contributed by atoms with van der Waals surface area (Å²) in [5.74, 6) is -0.440. The molecule has 0 aliphatic heterocycles. The van der Waals surface area contributed by atoms with Crippen molar-refractivity contribution in [1.82, 2.24) is 4.72 Å². The van der Waals surface area contributed by atoms with E-state index in [9.17, 15) is 17.9 Å². The number of rotatable bonds is 5. The molecule has 1 aromatic rings. The van der Waals surface area contributed by atoms with Gasteiger partial charge in [0, 0.05) is 18.8 Å². The van der Waals surface area contributed by atoms with Crippen LogP contribution in [0.1, 0.15) is 25.7 Å². The number of nitrogens with one attached hydrogen (secondary N) is 1. The molecule has 2 unspecified atom stereocenters. The van der Waals surface area contributed by atoms with E-state index in [4.69, 9.17) is 5.73 Å². The van der Waals surface area contributed by atoms with E-state index >= 15 is 0 Å². The van der Waals surface area contributed by atoms with Gasteiger partial charge in [0.05, 0.1) is 4.90 Å². The second-order valence-corrected chi connectivity index (χ2v) is 7.33. The minimum Gasteiger partial charge on any atom is -0.399 e. The number of nitrogens with two attached hydrogens (primary N) is 1. The zero-order valence-electron chi connectivity index (χ0n) is 11.8. The Morgan fingerprint density at radius 1 is 1.24 bits per heavy atom. The van der Waals surface area contributed by atoms with Crippen LogP contribution in [0.2, 0.25) is 0 Å². The van der Waals surface area contributed by atoms with Crippen LogP contribution < -0.4 is 10.5 Å². The predicted molar refractivity (Wildman–Crippen MR) is 78.5 cm³/mol. The molecule has 0 saturated heterocycles. The van der Waals surface area contributed by atoms with Gasteiger partial charge in [-0.25, -0.2) is 17.5 Å². The molecular weight excluding hydrogens is 295 g/mol. The van der Waals surface area contributed by atoms with Crippen LogP contribution >= 0.6 is 0 Å². The Kier molecular flexibility index (Phi) is 5.18. The molecule has 4 N–H and O–H groups in total. The van der Waals surface area contributed by atoms with Crippen molar-refractivity contribution in [3.05, 3.63) is 24.0 Å². The van der Waals surface area contributed by atoms with Crippen LogP contribution in [0.25, 0.3) is 0 Å². The molecular formula is C14H21FN2O3S. The minimum absolute atomic E-state index is 0.0688. The summed E-state index contributed by atoms with van der Waals surface area (Å²) in [6.45, 7) is 0.323. The van der Waals surface area contributed by atoms with Crippen LogP contribution in [0.5, 0.6) is 0 Å². The number of hydrogen-bond acceptors (Lipinski definition) is 4. The summed E-state index contributed by atoms with van der Waals surface area (Å²) in [7, 11) is -3.79. The maximum Gasteiger partial charge on any atom is 0.240 e. The molecule has 7 heteroatoms. The summed E-state index contributed by atoms with van der Waals surface area (Å²) in [6.07, 6.45) is 3.90. The number of halogens is 1. The lowest BCUT2D eigenvalue weighted by Gasteiger charge is -2.30. The smallest absolute Gasteiger partial charge is 0.240 e. The van der Waals surface area contributed by atoms with Gasteiger partial charge in [0.1, 0.15) is 5.82 Å². The zero-order chi connectivity index (χ0) is 15.5. The van der Waals surface area contributed by atoms with Gasteiger partial charge in [-0.05, 0) is 42.9 Å². The van der Waals surface area contributed by atoms with Gasteiger partial charge in [0.2, 0.25) is 10.0 Å². The topological polar surface area (TPSA) is 92.4 Å². The molecule has 0 spiro atoms. The van der Waals surface area contributed by atoms with Gasteiger partial charge in [-0.3, -0.25) is 0 Å². The lowest BCUT2D eigenvalue weighted by atomic mass is 9.80. The molecule has 21 heavy (non-hydrogen) atoms. The van der Waals surface area contributed by atoms with Crippen molar-refractivity contribution in [2.24, 2.45) is 11.8 Å². The van der Waals surface area contributed by atoms with Crippen LogP contribution in [0.4, 0.5) is 10.1 Å². The minimum atomic E-state index is -3.79. The number of hydrogen-bond donors (Lipinski definition) is 3. The first kappa shape index (κ1) is 16.2. The molecule has 2 atom stereocenters. The van der Waals surface area contributed by atoms with E-state index in [0.29, 0.717) is 0 Å². The molecule has 1 aliphatic carbocycles. The number of benzene rings is 1. The number of aliphatic hydroxyl groups is 1. The molecule has 0 amide bonds. The number of sulfonamides is 1. The fourth-order valence-corrected chi connectivity index (χ4v) is 3.99. The van der Waals surface area contributed by atoms with E-state index in [1.807, 2.05) is 0 Å². The van der Waals surface area contributed by atoms with Gasteiger partial charge in [0.15, 0.2) is 0 Å². The monoisotopic (exact) mass is 316 g/mol. The molecule has 1 fully saturated rings. The van der Waals surface area contributed by atoms with Crippen molar-refractivity contribution in [2.75, 3.05) is 18.9 Å². The largest absolute Gasteiger partial charge is 0.399 e. The summed E-state index contributed by atoms with van der Waals surface area (Å²) in [5.41, 5.74) is 5.54. The molecule has 0 bridgehead atoms. The van der Waals surface area contributed by atoms with Crippen molar-refractivity contribution < 1.29 is 17.9 Å². The third-order valence-corrected chi connectivity index (χ3v) is 5.44. The fraction of sp³-hybridized carbons (Fsp3) is 0.571. The van der Waals surface area contributed by atoms with Crippen LogP contribution in [0.15, 0.2) is 23.1 Å². The maximum atomic E-state index is 13.3. The quantitative estimate of drug-likeness (QED) is 0.718. The van der Waals surface area contributed by atoms with Crippen molar-refractivity contribution in [1.29, 1.82) is 0 Å². The Hall–Kier alpha value is -1.18. The third-order valence-electron chi connectivity index (χ3n) is 4.04. The summed E-state index contributed by atoms with van der Waals surface area (Å²) >= 11 is 0. The average molecular weight is 316 g/mol. The van der Waals surface area contributed by atoms with E-state index in [2.05, 4.69) is 4.72 Å². The first-order valence-electron chi connectivity index (χ1n) is 7.09. The van der Waals surface area contributed by atoms with Crippen LogP contribution in [0, 0.1) is 17.7 Å². The second-order valence-electron chi connectivity index (χ2n) is 5.56. The molecule has 1 aliphatic rings. The lowest BCUT2D eigenvalue weighted by Crippen LogP contribution is -2.35. The highest BCUT2D eigenvalue weighted by molar-refractivity contribution is 7.89. The number of anilines is 1. The Bertz CT molecular complexity index is 572. The highest BCUT2D eigenvalue weighted by Crippen LogP contribution is 2.29. The molecule has 5 nitrogen and oxygen atoms in total. The summed E-state index contributed by atoms with van der Waals surface area (Å²) in [6, 6.07) is 3.25. The van der Waals surface area contributed by atoms with E-state index in [1.54, 1.807) is 0 Å². The molecule has 1 saturated carbocycles. The zero-order valence-corrected chi connectivity index (χ0v) is 12.6. The van der Waals surface area contributed by atoms with E-state index in [-0.39, 0.29) is 35.6 Å². The summed E-state index contributed by atoms with van der Waals surface area (Å²) < 4.78 is 40.1. The fourth-order valence-electron chi connectivity index (χ4n) is 2.83. The van der Waals surface area contributed by atoms with Gasteiger partial charge in [-0.2, -0.15) is 0 Å². The van der Waals surface area contributed by atoms with Gasteiger partial charge < -0.3 is 10.8 Å². The van der Waals surface area contributed by atoms with E-state index < -0.39 is 15.8 Å². The molecule has 2 rings (SSSR count). The molecule has 118 valence electrons. The van der Waals surface area contributed by atoms with Gasteiger partial charge in [0.25, 0.3) is 0 Å². The molecule has 1 aromatic carbocycles. The normalized spacial score (nSPS) is 23.1. The predicted octanol–water partition coefficient (Wildman–Crippen LogP) is 1.48. The third kappa shape index (κ3) is 4.15. The van der Waals surface area contributed by atoms with Gasteiger partial charge in [-0.15, -0.1) is 0 Å². The maximum absolute atomic E-state index is 13.3. The summed E-state index contributed by atoms with van der Waals surface area (Å²) in [4.78, 5) is -0.170. The Labute approximate surface area is 124 Å². The summed E-state index contributed by atoms with van der Waals surface area (Å²) in [5, 5.41) is 9.34. The van der Waals surface area contributed by atoms with Crippen LogP contribution in [-0.4, -0.2) is 26.7 Å². The standard InChI is InChI=1S/C14H21FN2O3S/c15-12-5-13(16)7-14(6-12)21(19,20)17-8-10-3-1-2-4-11(10)9-18/h5-7,10-11,17-18H,1-4,8-9,16H2. The van der Waals surface area contributed by atoms with E-state index in [1.165, 1.54) is 6.07 Å². The SMILES string of the molecule is Nc1cc(F)cc(S(=O)(=O)NCC2CCCCC2CO)c1. The Morgan fingerprint density at radius 3 is 2.52 bits per heavy atom. The second kappa shape index (κ2) is 6.72. The first-order chi connectivity index (χ1) is 9.92. The lowest BCUT2D eigenvalue weighted by molar-refractivity contribution is 0.136. The highest BCUT2D eigenvalue weighted by Gasteiger charge is 2.26. The molecule has 0 aromatic heterocycles. The van der Waals surface area contributed by atoms with E-state index in [0.717, 1.165) is 37.8 Å². The molecule has 0 radical (unpaired) electrons. The average Bonchev–Trinajstić information content (AvgIpc) is 2.44. The van der Waals surface area contributed by atoms with Crippen LogP contribution in [0.3, 0.4) is 0 Å². The number of nitrogen functional groups attached to an aromatic ring is 1. The van der Waals surface area contributed by atoms with Gasteiger partial charge >= 0.3 is 0 Å². The molecule has 0 heterocycles. The first-order valence-corrected chi connectivity index (χ1v) is 8.57. The van der Waals surface area contributed by atoms with Crippen molar-refractivity contribution in [2.45, 2.75) is 30.6 Å². The van der Waals surface area contributed by atoms with Crippen molar-refractivity contribution in [3.63, 3.8) is 0 Å². The van der Waals surface area contributed by atoms with Crippen LogP contribution in [-0.2, 0) is 10.0 Å². The Morgan fingerprint density at radius 2 is 1.90 bits per heavy atom.